The lowest BCUT2D eigenvalue weighted by molar-refractivity contribution is 0.690. The Morgan fingerprint density at radius 2 is 1.82 bits per heavy atom. The van der Waals surface area contributed by atoms with Crippen molar-refractivity contribution in [2.24, 2.45) is 7.05 Å². The fourth-order valence-corrected chi connectivity index (χ4v) is 3.60. The summed E-state index contributed by atoms with van der Waals surface area (Å²) in [6, 6.07) is 15.9. The Kier molecular flexibility index (Phi) is 5.33. The summed E-state index contributed by atoms with van der Waals surface area (Å²) in [5.41, 5.74) is 4.31. The number of rotatable bonds is 5. The zero-order valence-corrected chi connectivity index (χ0v) is 16.1. The molecular formula is C23H24N4O. The molecule has 0 N–H and O–H groups in total. The molecule has 5 heteroatoms. The van der Waals surface area contributed by atoms with E-state index in [0.29, 0.717) is 5.69 Å². The van der Waals surface area contributed by atoms with Gasteiger partial charge in [0.1, 0.15) is 0 Å². The van der Waals surface area contributed by atoms with Crippen molar-refractivity contribution >= 4 is 5.95 Å². The molecule has 3 aromatic rings. The standard InChI is InChI=1S/C23H24N4O/c1-26-22(28)16-21(20-11-13-24-14-12-20)25-23(26)27-15-5-8-19(17-27)10-9-18-6-3-2-4-7-18/h2-4,6-8,11-14,16H,5,9-10,15,17H2,1H3. The Morgan fingerprint density at radius 1 is 1.04 bits per heavy atom. The summed E-state index contributed by atoms with van der Waals surface area (Å²) in [7, 11) is 1.79. The second-order valence-corrected chi connectivity index (χ2v) is 7.13. The topological polar surface area (TPSA) is 51.0 Å². The Morgan fingerprint density at radius 3 is 2.61 bits per heavy atom. The minimum atomic E-state index is -0.0443. The van der Waals surface area contributed by atoms with E-state index >= 15 is 0 Å². The van der Waals surface area contributed by atoms with Gasteiger partial charge in [-0.05, 0) is 37.0 Å². The van der Waals surface area contributed by atoms with Crippen molar-refractivity contribution in [2.45, 2.75) is 19.3 Å². The summed E-state index contributed by atoms with van der Waals surface area (Å²) in [4.78, 5) is 23.6. The molecule has 142 valence electrons. The first-order valence-corrected chi connectivity index (χ1v) is 9.66. The van der Waals surface area contributed by atoms with Gasteiger partial charge in [-0.2, -0.15) is 0 Å². The zero-order valence-electron chi connectivity index (χ0n) is 16.1. The lowest BCUT2D eigenvalue weighted by Gasteiger charge is -2.30. The number of benzene rings is 1. The molecule has 1 aliphatic rings. The number of aromatic nitrogens is 3. The van der Waals surface area contributed by atoms with Gasteiger partial charge < -0.3 is 4.90 Å². The molecule has 28 heavy (non-hydrogen) atoms. The van der Waals surface area contributed by atoms with Gasteiger partial charge in [0.05, 0.1) is 5.69 Å². The Labute approximate surface area is 165 Å². The summed E-state index contributed by atoms with van der Waals surface area (Å²) in [6.45, 7) is 1.68. The molecule has 0 saturated heterocycles. The number of nitrogens with zero attached hydrogens (tertiary/aromatic N) is 4. The van der Waals surface area contributed by atoms with Crippen molar-refractivity contribution < 1.29 is 0 Å². The number of pyridine rings is 1. The smallest absolute Gasteiger partial charge is 0.255 e. The largest absolute Gasteiger partial charge is 0.338 e. The lowest BCUT2D eigenvalue weighted by Crippen LogP contribution is -2.35. The van der Waals surface area contributed by atoms with E-state index in [1.807, 2.05) is 18.2 Å². The minimum absolute atomic E-state index is 0.0443. The third-order valence-electron chi connectivity index (χ3n) is 5.17. The molecule has 0 atom stereocenters. The highest BCUT2D eigenvalue weighted by Gasteiger charge is 2.18. The van der Waals surface area contributed by atoms with Gasteiger partial charge in [-0.15, -0.1) is 0 Å². The summed E-state index contributed by atoms with van der Waals surface area (Å²) in [5.74, 6) is 0.727. The third-order valence-corrected chi connectivity index (χ3v) is 5.17. The Bertz CT molecular complexity index is 1030. The average Bonchev–Trinajstić information content (AvgIpc) is 2.75. The molecule has 5 nitrogen and oxygen atoms in total. The van der Waals surface area contributed by atoms with Gasteiger partial charge in [0.15, 0.2) is 0 Å². The molecule has 0 fully saturated rings. The summed E-state index contributed by atoms with van der Waals surface area (Å²) in [5, 5.41) is 0. The lowest BCUT2D eigenvalue weighted by atomic mass is 10.0. The van der Waals surface area contributed by atoms with Crippen LogP contribution in [-0.4, -0.2) is 27.6 Å². The van der Waals surface area contributed by atoms with Gasteiger partial charge in [0, 0.05) is 44.2 Å². The number of hydrogen-bond acceptors (Lipinski definition) is 4. The van der Waals surface area contributed by atoms with E-state index in [2.05, 4.69) is 40.2 Å². The van der Waals surface area contributed by atoms with Gasteiger partial charge in [0.25, 0.3) is 5.56 Å². The van der Waals surface area contributed by atoms with Crippen molar-refractivity contribution in [3.63, 3.8) is 0 Å². The molecule has 3 heterocycles. The number of hydrogen-bond donors (Lipinski definition) is 0. The monoisotopic (exact) mass is 372 g/mol. The minimum Gasteiger partial charge on any atom is -0.338 e. The Hall–Kier alpha value is -3.21. The molecule has 0 unspecified atom stereocenters. The molecule has 0 saturated carbocycles. The van der Waals surface area contributed by atoms with Crippen molar-refractivity contribution in [3.8, 4) is 11.3 Å². The molecule has 1 aromatic carbocycles. The van der Waals surface area contributed by atoms with Crippen LogP contribution in [0, 0.1) is 0 Å². The van der Waals surface area contributed by atoms with E-state index in [9.17, 15) is 4.79 Å². The Balaban J connectivity index is 1.55. The van der Waals surface area contributed by atoms with E-state index in [0.717, 1.165) is 43.9 Å². The molecule has 0 amide bonds. The molecule has 1 aliphatic heterocycles. The van der Waals surface area contributed by atoms with Gasteiger partial charge in [0.2, 0.25) is 5.95 Å². The molecule has 2 aromatic heterocycles. The molecule has 0 aliphatic carbocycles. The highest BCUT2D eigenvalue weighted by Crippen LogP contribution is 2.22. The number of aryl methyl sites for hydroxylation is 1. The number of anilines is 1. The van der Waals surface area contributed by atoms with Crippen LogP contribution in [0.5, 0.6) is 0 Å². The molecule has 0 bridgehead atoms. The van der Waals surface area contributed by atoms with E-state index in [1.54, 1.807) is 30.1 Å². The van der Waals surface area contributed by atoms with Crippen LogP contribution < -0.4 is 10.5 Å². The van der Waals surface area contributed by atoms with Gasteiger partial charge in [-0.3, -0.25) is 14.3 Å². The maximum Gasteiger partial charge on any atom is 0.255 e. The van der Waals surface area contributed by atoms with Crippen LogP contribution in [0.4, 0.5) is 5.95 Å². The van der Waals surface area contributed by atoms with E-state index in [-0.39, 0.29) is 5.56 Å². The van der Waals surface area contributed by atoms with Crippen LogP contribution in [-0.2, 0) is 13.5 Å². The fraction of sp³-hybridized carbons (Fsp3) is 0.261. The predicted molar refractivity (Wildman–Crippen MR) is 112 cm³/mol. The van der Waals surface area contributed by atoms with Gasteiger partial charge in [-0.25, -0.2) is 4.98 Å². The normalized spacial score (nSPS) is 14.0. The predicted octanol–water partition coefficient (Wildman–Crippen LogP) is 3.61. The molecular weight excluding hydrogens is 348 g/mol. The average molecular weight is 372 g/mol. The van der Waals surface area contributed by atoms with Crippen LogP contribution in [0.2, 0.25) is 0 Å². The third kappa shape index (κ3) is 4.03. The quantitative estimate of drug-likeness (QED) is 0.642. The van der Waals surface area contributed by atoms with Crippen molar-refractivity contribution in [3.05, 3.63) is 88.5 Å². The fourth-order valence-electron chi connectivity index (χ4n) is 3.60. The van der Waals surface area contributed by atoms with Crippen LogP contribution >= 0.6 is 0 Å². The summed E-state index contributed by atoms with van der Waals surface area (Å²) >= 11 is 0. The summed E-state index contributed by atoms with van der Waals surface area (Å²) < 4.78 is 1.64. The van der Waals surface area contributed by atoms with Crippen LogP contribution in [0.15, 0.2) is 77.4 Å². The van der Waals surface area contributed by atoms with Crippen LogP contribution in [0.3, 0.4) is 0 Å². The molecule has 0 spiro atoms. The van der Waals surface area contributed by atoms with Crippen LogP contribution in [0.25, 0.3) is 11.3 Å². The van der Waals surface area contributed by atoms with Gasteiger partial charge in [-0.1, -0.05) is 42.0 Å². The first-order chi connectivity index (χ1) is 13.7. The van der Waals surface area contributed by atoms with Crippen molar-refractivity contribution in [2.75, 3.05) is 18.0 Å². The van der Waals surface area contributed by atoms with Crippen molar-refractivity contribution in [1.29, 1.82) is 0 Å². The van der Waals surface area contributed by atoms with Crippen molar-refractivity contribution in [1.82, 2.24) is 14.5 Å². The first kappa shape index (κ1) is 18.2. The highest BCUT2D eigenvalue weighted by atomic mass is 16.1. The van der Waals surface area contributed by atoms with Gasteiger partial charge >= 0.3 is 0 Å². The second kappa shape index (κ2) is 8.21. The summed E-state index contributed by atoms with van der Waals surface area (Å²) in [6.07, 6.45) is 8.81. The molecule has 0 radical (unpaired) electrons. The SMILES string of the molecule is Cn1c(N2CCC=C(CCc3ccccc3)C2)nc(-c2ccncc2)cc1=O. The highest BCUT2D eigenvalue weighted by molar-refractivity contribution is 5.59. The van der Waals surface area contributed by atoms with E-state index < -0.39 is 0 Å². The van der Waals surface area contributed by atoms with E-state index in [4.69, 9.17) is 4.98 Å². The zero-order chi connectivity index (χ0) is 19.3. The molecule has 4 rings (SSSR count). The maximum atomic E-state index is 12.5. The van der Waals surface area contributed by atoms with E-state index in [1.165, 1.54) is 11.1 Å². The van der Waals surface area contributed by atoms with Crippen LogP contribution in [0.1, 0.15) is 18.4 Å². The first-order valence-electron chi connectivity index (χ1n) is 9.66. The second-order valence-electron chi connectivity index (χ2n) is 7.13. The maximum absolute atomic E-state index is 12.5.